The summed E-state index contributed by atoms with van der Waals surface area (Å²) in [4.78, 5) is 11.4. The Morgan fingerprint density at radius 2 is 1.94 bits per heavy atom. The van der Waals surface area contributed by atoms with Crippen molar-refractivity contribution < 1.29 is 8.83 Å². The van der Waals surface area contributed by atoms with Gasteiger partial charge in [-0.25, -0.2) is 4.79 Å². The van der Waals surface area contributed by atoms with E-state index in [1.165, 1.54) is 6.07 Å². The van der Waals surface area contributed by atoms with E-state index < -0.39 is 0 Å². The third-order valence-electron chi connectivity index (χ3n) is 2.94. The largest absolute Gasteiger partial charge is 0.464 e. The van der Waals surface area contributed by atoms with Gasteiger partial charge in [0.05, 0.1) is 6.26 Å². The molecule has 0 saturated carbocycles. The van der Waals surface area contributed by atoms with Crippen molar-refractivity contribution in [3.8, 4) is 0 Å². The summed E-state index contributed by atoms with van der Waals surface area (Å²) in [6, 6.07) is 5.12. The molecule has 0 aliphatic rings. The first-order chi connectivity index (χ1) is 8.19. The molecule has 5 heteroatoms. The minimum absolute atomic E-state index is 0. The van der Waals surface area contributed by atoms with Crippen LogP contribution in [-0.2, 0) is 6.54 Å². The van der Waals surface area contributed by atoms with Gasteiger partial charge in [0.2, 0.25) is 0 Å². The van der Waals surface area contributed by atoms with Gasteiger partial charge in [0.25, 0.3) is 0 Å². The Labute approximate surface area is 109 Å². The third kappa shape index (κ3) is 1.79. The lowest BCUT2D eigenvalue weighted by Gasteiger charge is -2.02. The molecule has 18 heavy (non-hydrogen) atoms. The van der Waals surface area contributed by atoms with Crippen LogP contribution in [0.25, 0.3) is 21.9 Å². The molecule has 0 atom stereocenters. The van der Waals surface area contributed by atoms with E-state index in [1.807, 2.05) is 13.0 Å². The van der Waals surface area contributed by atoms with E-state index in [0.717, 1.165) is 21.9 Å². The van der Waals surface area contributed by atoms with Crippen LogP contribution in [0, 0.1) is 6.92 Å². The number of benzene rings is 1. The maximum atomic E-state index is 11.4. The molecule has 2 aromatic heterocycles. The van der Waals surface area contributed by atoms with Crippen LogP contribution in [0.2, 0.25) is 0 Å². The fourth-order valence-corrected chi connectivity index (χ4v) is 2.04. The molecule has 0 radical (unpaired) electrons. The summed E-state index contributed by atoms with van der Waals surface area (Å²) in [5.41, 5.74) is 8.32. The Morgan fingerprint density at radius 1 is 1.17 bits per heavy atom. The van der Waals surface area contributed by atoms with Crippen molar-refractivity contribution in [1.29, 1.82) is 0 Å². The summed E-state index contributed by atoms with van der Waals surface area (Å²) in [6.07, 6.45) is 1.68. The quantitative estimate of drug-likeness (QED) is 0.687. The van der Waals surface area contributed by atoms with Gasteiger partial charge in [-0.1, -0.05) is 0 Å². The van der Waals surface area contributed by atoms with Crippen LogP contribution in [0.4, 0.5) is 0 Å². The molecule has 0 fully saturated rings. The van der Waals surface area contributed by atoms with Gasteiger partial charge in [0.15, 0.2) is 0 Å². The molecule has 0 amide bonds. The monoisotopic (exact) mass is 265 g/mol. The number of nitrogens with two attached hydrogens (primary N) is 1. The first-order valence-corrected chi connectivity index (χ1v) is 5.33. The van der Waals surface area contributed by atoms with Crippen LogP contribution in [0.1, 0.15) is 11.1 Å². The summed E-state index contributed by atoms with van der Waals surface area (Å²) in [5, 5.41) is 1.88. The van der Waals surface area contributed by atoms with Gasteiger partial charge in [-0.05, 0) is 24.1 Å². The summed E-state index contributed by atoms with van der Waals surface area (Å²) < 4.78 is 10.5. The zero-order valence-electron chi connectivity index (χ0n) is 9.73. The maximum Gasteiger partial charge on any atom is 0.336 e. The summed E-state index contributed by atoms with van der Waals surface area (Å²) >= 11 is 0. The first-order valence-electron chi connectivity index (χ1n) is 5.33. The Hall–Kier alpha value is -1.78. The van der Waals surface area contributed by atoms with E-state index in [0.29, 0.717) is 17.7 Å². The van der Waals surface area contributed by atoms with Crippen molar-refractivity contribution in [2.24, 2.45) is 5.73 Å². The number of furan rings is 1. The second-order valence-electron chi connectivity index (χ2n) is 4.06. The highest BCUT2D eigenvalue weighted by Crippen LogP contribution is 2.27. The summed E-state index contributed by atoms with van der Waals surface area (Å²) in [7, 11) is 0. The van der Waals surface area contributed by atoms with Crippen LogP contribution >= 0.6 is 12.4 Å². The van der Waals surface area contributed by atoms with Gasteiger partial charge in [-0.3, -0.25) is 0 Å². The topological polar surface area (TPSA) is 69.4 Å². The lowest BCUT2D eigenvalue weighted by Crippen LogP contribution is -2.04. The van der Waals surface area contributed by atoms with E-state index in [9.17, 15) is 4.79 Å². The summed E-state index contributed by atoms with van der Waals surface area (Å²) in [6.45, 7) is 2.28. The zero-order chi connectivity index (χ0) is 12.0. The van der Waals surface area contributed by atoms with Gasteiger partial charge in [0, 0.05) is 29.4 Å². The van der Waals surface area contributed by atoms with Crippen LogP contribution in [0.3, 0.4) is 0 Å². The van der Waals surface area contributed by atoms with Crippen LogP contribution < -0.4 is 11.4 Å². The zero-order valence-corrected chi connectivity index (χ0v) is 10.5. The molecule has 0 unspecified atom stereocenters. The highest BCUT2D eigenvalue weighted by atomic mass is 35.5. The highest BCUT2D eigenvalue weighted by Gasteiger charge is 2.09. The van der Waals surface area contributed by atoms with E-state index in [4.69, 9.17) is 14.6 Å². The molecule has 3 rings (SSSR count). The average molecular weight is 266 g/mol. The Morgan fingerprint density at radius 3 is 2.67 bits per heavy atom. The molecule has 2 heterocycles. The van der Waals surface area contributed by atoms with Gasteiger partial charge in [-0.2, -0.15) is 0 Å². The second-order valence-corrected chi connectivity index (χ2v) is 4.06. The molecule has 4 nitrogen and oxygen atoms in total. The first kappa shape index (κ1) is 12.7. The lowest BCUT2D eigenvalue weighted by atomic mass is 10.1. The van der Waals surface area contributed by atoms with E-state index in [-0.39, 0.29) is 18.0 Å². The fourth-order valence-electron chi connectivity index (χ4n) is 2.04. The number of fused-ring (bicyclic) bond motifs is 2. The SMILES string of the molecule is Cc1coc2cc3oc(=O)cc(CN)c3cc12.Cl. The number of rotatable bonds is 1. The molecule has 0 aliphatic heterocycles. The van der Waals surface area contributed by atoms with Crippen molar-refractivity contribution in [2.75, 3.05) is 0 Å². The molecule has 2 N–H and O–H groups in total. The normalized spacial score (nSPS) is 10.8. The molecule has 0 saturated heterocycles. The van der Waals surface area contributed by atoms with Crippen molar-refractivity contribution >= 4 is 34.3 Å². The van der Waals surface area contributed by atoms with Gasteiger partial charge in [-0.15, -0.1) is 12.4 Å². The van der Waals surface area contributed by atoms with Crippen LogP contribution in [0.5, 0.6) is 0 Å². The molecule has 0 bridgehead atoms. The minimum atomic E-state index is -0.388. The molecule has 0 aliphatic carbocycles. The molecular formula is C13H12ClNO3. The van der Waals surface area contributed by atoms with Crippen molar-refractivity contribution in [3.05, 3.63) is 46.0 Å². The van der Waals surface area contributed by atoms with Crippen LogP contribution in [-0.4, -0.2) is 0 Å². The molecular weight excluding hydrogens is 254 g/mol. The fraction of sp³-hybridized carbons (Fsp3) is 0.154. The lowest BCUT2D eigenvalue weighted by molar-refractivity contribution is 0.557. The standard InChI is InChI=1S/C13H11NO3.ClH/c1-7-6-16-11-4-12-10(3-9(7)11)8(5-14)2-13(15)17-12;/h2-4,6H,5,14H2,1H3;1H. The predicted octanol–water partition coefficient (Wildman–Crippen LogP) is 2.73. The number of halogens is 1. The van der Waals surface area contributed by atoms with E-state index in [1.54, 1.807) is 12.3 Å². The average Bonchev–Trinajstić information content (AvgIpc) is 2.67. The minimum Gasteiger partial charge on any atom is -0.464 e. The molecule has 94 valence electrons. The Balaban J connectivity index is 0.00000120. The second kappa shape index (κ2) is 4.48. The van der Waals surface area contributed by atoms with Gasteiger partial charge >= 0.3 is 5.63 Å². The van der Waals surface area contributed by atoms with Crippen LogP contribution in [0.15, 0.2) is 38.1 Å². The third-order valence-corrected chi connectivity index (χ3v) is 2.94. The molecule has 3 aromatic rings. The number of hydrogen-bond acceptors (Lipinski definition) is 4. The maximum absolute atomic E-state index is 11.4. The summed E-state index contributed by atoms with van der Waals surface area (Å²) in [5.74, 6) is 0. The Kier molecular flexibility index (Phi) is 3.15. The number of aryl methyl sites for hydroxylation is 1. The van der Waals surface area contributed by atoms with Crippen molar-refractivity contribution in [1.82, 2.24) is 0 Å². The van der Waals surface area contributed by atoms with Crippen molar-refractivity contribution in [2.45, 2.75) is 13.5 Å². The molecule has 0 spiro atoms. The Bertz CT molecular complexity index is 773. The highest BCUT2D eigenvalue weighted by molar-refractivity contribution is 5.95. The number of hydrogen-bond donors (Lipinski definition) is 1. The molecule has 1 aromatic carbocycles. The van der Waals surface area contributed by atoms with Crippen molar-refractivity contribution in [3.63, 3.8) is 0 Å². The smallest absolute Gasteiger partial charge is 0.336 e. The van der Waals surface area contributed by atoms with Gasteiger partial charge < -0.3 is 14.6 Å². The van der Waals surface area contributed by atoms with E-state index in [2.05, 4.69) is 0 Å². The van der Waals surface area contributed by atoms with Gasteiger partial charge in [0.1, 0.15) is 11.2 Å². The predicted molar refractivity (Wildman–Crippen MR) is 72.1 cm³/mol. The van der Waals surface area contributed by atoms with E-state index >= 15 is 0 Å².